The van der Waals surface area contributed by atoms with Gasteiger partial charge in [0.25, 0.3) is 0 Å². The summed E-state index contributed by atoms with van der Waals surface area (Å²) >= 11 is 0. The zero-order valence-electron chi connectivity index (χ0n) is 16.4. The lowest BCUT2D eigenvalue weighted by Gasteiger charge is -2.32. The number of phenolic OH excluding ortho intramolecular Hbond substituents is 1. The van der Waals surface area contributed by atoms with Crippen molar-refractivity contribution in [3.8, 4) is 17.1 Å². The van der Waals surface area contributed by atoms with Crippen LogP contribution in [-0.2, 0) is 4.79 Å². The normalized spacial score (nSPS) is 18.3. The van der Waals surface area contributed by atoms with Crippen molar-refractivity contribution in [1.29, 1.82) is 0 Å². The van der Waals surface area contributed by atoms with E-state index in [0.29, 0.717) is 18.2 Å². The Morgan fingerprint density at radius 1 is 1.07 bits per heavy atom. The van der Waals surface area contributed by atoms with Gasteiger partial charge in [-0.1, -0.05) is 24.3 Å². The number of ketones is 1. The van der Waals surface area contributed by atoms with E-state index in [1.165, 1.54) is 11.1 Å². The van der Waals surface area contributed by atoms with E-state index in [4.69, 9.17) is 10.1 Å². The van der Waals surface area contributed by atoms with Crippen molar-refractivity contribution >= 4 is 11.7 Å². The minimum atomic E-state index is -0.345. The highest BCUT2D eigenvalue weighted by Crippen LogP contribution is 2.40. The first kappa shape index (κ1) is 17.7. The SMILES string of the molecule is Cc1ccc(-c2nc3n(n2)C(c2ccc(O)cc2)C2=C(CCCC2=O)N3)cc1C. The van der Waals surface area contributed by atoms with Crippen LogP contribution in [0, 0.1) is 13.8 Å². The molecule has 5 rings (SSSR count). The van der Waals surface area contributed by atoms with Gasteiger partial charge in [-0.15, -0.1) is 5.10 Å². The number of Topliss-reactive ketones (excluding diaryl/α,β-unsaturated/α-hetero) is 1. The maximum atomic E-state index is 12.8. The van der Waals surface area contributed by atoms with Crippen molar-refractivity contribution in [2.24, 2.45) is 0 Å². The standard InChI is InChI=1S/C23H22N4O2/c1-13-6-7-16(12-14(13)2)22-25-23-24-18-4-3-5-19(29)20(18)21(27(23)26-22)15-8-10-17(28)11-9-15/h6-12,21,28H,3-5H2,1-2H3,(H,24,25,26). The molecule has 0 bridgehead atoms. The van der Waals surface area contributed by atoms with E-state index in [9.17, 15) is 9.90 Å². The molecule has 1 aliphatic heterocycles. The maximum Gasteiger partial charge on any atom is 0.226 e. The molecule has 0 saturated carbocycles. The Morgan fingerprint density at radius 2 is 1.86 bits per heavy atom. The van der Waals surface area contributed by atoms with Crippen LogP contribution < -0.4 is 5.32 Å². The van der Waals surface area contributed by atoms with Crippen LogP contribution in [0.4, 0.5) is 5.95 Å². The molecule has 0 radical (unpaired) electrons. The van der Waals surface area contributed by atoms with Crippen LogP contribution in [-0.4, -0.2) is 25.7 Å². The second-order valence-electron chi connectivity index (χ2n) is 7.79. The van der Waals surface area contributed by atoms with Gasteiger partial charge < -0.3 is 10.4 Å². The fraction of sp³-hybridized carbons (Fsp3) is 0.261. The molecule has 2 aliphatic rings. The molecular weight excluding hydrogens is 364 g/mol. The number of rotatable bonds is 2. The van der Waals surface area contributed by atoms with Crippen molar-refractivity contribution < 1.29 is 9.90 Å². The molecule has 1 aromatic heterocycles. The Kier molecular flexibility index (Phi) is 4.01. The highest BCUT2D eigenvalue weighted by Gasteiger charge is 2.36. The van der Waals surface area contributed by atoms with E-state index >= 15 is 0 Å². The molecular formula is C23H22N4O2. The molecule has 29 heavy (non-hydrogen) atoms. The van der Waals surface area contributed by atoms with Gasteiger partial charge in [-0.25, -0.2) is 4.68 Å². The number of hydrogen-bond donors (Lipinski definition) is 2. The number of aromatic nitrogens is 3. The molecule has 0 spiro atoms. The second-order valence-corrected chi connectivity index (χ2v) is 7.79. The number of aryl methyl sites for hydroxylation is 2. The summed E-state index contributed by atoms with van der Waals surface area (Å²) in [7, 11) is 0. The molecule has 2 N–H and O–H groups in total. The van der Waals surface area contributed by atoms with E-state index in [1.54, 1.807) is 16.8 Å². The third kappa shape index (κ3) is 2.92. The predicted octanol–water partition coefficient (Wildman–Crippen LogP) is 4.29. The fourth-order valence-electron chi connectivity index (χ4n) is 4.12. The predicted molar refractivity (Wildman–Crippen MR) is 111 cm³/mol. The van der Waals surface area contributed by atoms with Gasteiger partial charge >= 0.3 is 0 Å². The Bertz CT molecular complexity index is 1160. The number of fused-ring (bicyclic) bond motifs is 1. The molecule has 0 amide bonds. The fourth-order valence-corrected chi connectivity index (χ4v) is 4.12. The van der Waals surface area contributed by atoms with Crippen LogP contribution in [0.25, 0.3) is 11.4 Å². The summed E-state index contributed by atoms with van der Waals surface area (Å²) in [5.41, 5.74) is 5.96. The third-order valence-electron chi connectivity index (χ3n) is 5.84. The first-order chi connectivity index (χ1) is 14.0. The summed E-state index contributed by atoms with van der Waals surface area (Å²) in [6.45, 7) is 4.15. The van der Waals surface area contributed by atoms with E-state index in [2.05, 4.69) is 31.3 Å². The Hall–Kier alpha value is -3.41. The van der Waals surface area contributed by atoms with Gasteiger partial charge in [0.05, 0.1) is 0 Å². The molecule has 0 fully saturated rings. The number of carbonyl (C=O) groups is 1. The van der Waals surface area contributed by atoms with Gasteiger partial charge in [0.2, 0.25) is 5.95 Å². The second kappa shape index (κ2) is 6.58. The largest absolute Gasteiger partial charge is 0.508 e. The van der Waals surface area contributed by atoms with Crippen LogP contribution in [0.15, 0.2) is 53.7 Å². The van der Waals surface area contributed by atoms with Crippen LogP contribution in [0.1, 0.15) is 42.0 Å². The lowest BCUT2D eigenvalue weighted by atomic mass is 9.85. The monoisotopic (exact) mass is 386 g/mol. The maximum absolute atomic E-state index is 12.8. The summed E-state index contributed by atoms with van der Waals surface area (Å²) in [6.07, 6.45) is 2.20. The summed E-state index contributed by atoms with van der Waals surface area (Å²) < 4.78 is 1.80. The molecule has 1 aliphatic carbocycles. The molecule has 6 heteroatoms. The number of anilines is 1. The minimum absolute atomic E-state index is 0.144. The smallest absolute Gasteiger partial charge is 0.226 e. The van der Waals surface area contributed by atoms with Crippen LogP contribution in [0.2, 0.25) is 0 Å². The van der Waals surface area contributed by atoms with E-state index < -0.39 is 0 Å². The number of aromatic hydroxyl groups is 1. The summed E-state index contributed by atoms with van der Waals surface area (Å²) in [6, 6.07) is 12.8. The molecule has 2 heterocycles. The van der Waals surface area contributed by atoms with Crippen molar-refractivity contribution in [2.75, 3.05) is 5.32 Å². The third-order valence-corrected chi connectivity index (χ3v) is 5.84. The van der Waals surface area contributed by atoms with Crippen molar-refractivity contribution in [3.05, 3.63) is 70.4 Å². The zero-order valence-corrected chi connectivity index (χ0v) is 16.4. The van der Waals surface area contributed by atoms with E-state index in [0.717, 1.165) is 35.2 Å². The van der Waals surface area contributed by atoms with Gasteiger partial charge in [0.15, 0.2) is 11.6 Å². The number of nitrogens with zero attached hydrogens (tertiary/aromatic N) is 3. The number of phenols is 1. The number of nitrogens with one attached hydrogen (secondary N) is 1. The van der Waals surface area contributed by atoms with E-state index in [1.807, 2.05) is 18.2 Å². The van der Waals surface area contributed by atoms with Gasteiger partial charge in [0.1, 0.15) is 11.8 Å². The number of benzene rings is 2. The highest BCUT2D eigenvalue weighted by molar-refractivity contribution is 5.99. The lowest BCUT2D eigenvalue weighted by Crippen LogP contribution is -2.31. The van der Waals surface area contributed by atoms with Gasteiger partial charge in [-0.3, -0.25) is 4.79 Å². The zero-order chi connectivity index (χ0) is 20.1. The number of allylic oxidation sites excluding steroid dienone is 2. The lowest BCUT2D eigenvalue weighted by molar-refractivity contribution is -0.116. The first-order valence-corrected chi connectivity index (χ1v) is 9.87. The van der Waals surface area contributed by atoms with Crippen LogP contribution >= 0.6 is 0 Å². The number of hydrogen-bond acceptors (Lipinski definition) is 5. The average Bonchev–Trinajstić information content (AvgIpc) is 3.13. The van der Waals surface area contributed by atoms with Crippen molar-refractivity contribution in [3.63, 3.8) is 0 Å². The van der Waals surface area contributed by atoms with Crippen molar-refractivity contribution in [2.45, 2.75) is 39.2 Å². The Balaban J connectivity index is 1.67. The molecule has 146 valence electrons. The molecule has 3 aromatic rings. The average molecular weight is 386 g/mol. The molecule has 1 atom stereocenters. The first-order valence-electron chi connectivity index (χ1n) is 9.87. The Morgan fingerprint density at radius 3 is 2.62 bits per heavy atom. The van der Waals surface area contributed by atoms with E-state index in [-0.39, 0.29) is 17.6 Å². The van der Waals surface area contributed by atoms with Crippen LogP contribution in [0.3, 0.4) is 0 Å². The molecule has 6 nitrogen and oxygen atoms in total. The molecule has 0 saturated heterocycles. The number of carbonyl (C=O) groups excluding carboxylic acids is 1. The summed E-state index contributed by atoms with van der Waals surface area (Å²) in [5, 5.41) is 17.9. The highest BCUT2D eigenvalue weighted by atomic mass is 16.3. The van der Waals surface area contributed by atoms with Gasteiger partial charge in [-0.2, -0.15) is 4.98 Å². The minimum Gasteiger partial charge on any atom is -0.508 e. The topological polar surface area (TPSA) is 80.0 Å². The van der Waals surface area contributed by atoms with Gasteiger partial charge in [-0.05, 0) is 61.6 Å². The summed E-state index contributed by atoms with van der Waals surface area (Å²) in [5.74, 6) is 1.61. The van der Waals surface area contributed by atoms with Gasteiger partial charge in [0, 0.05) is 23.3 Å². The van der Waals surface area contributed by atoms with Crippen molar-refractivity contribution in [1.82, 2.24) is 14.8 Å². The Labute approximate surface area is 168 Å². The van der Waals surface area contributed by atoms with Crippen LogP contribution in [0.5, 0.6) is 5.75 Å². The summed E-state index contributed by atoms with van der Waals surface area (Å²) in [4.78, 5) is 17.6. The molecule has 2 aromatic carbocycles. The quantitative estimate of drug-likeness (QED) is 0.687. The molecule has 1 unspecified atom stereocenters.